The van der Waals surface area contributed by atoms with E-state index in [1.807, 2.05) is 61.5 Å². The smallest absolute Gasteiger partial charge is 0.323 e. The lowest BCUT2D eigenvalue weighted by Gasteiger charge is -2.22. The van der Waals surface area contributed by atoms with E-state index >= 15 is 0 Å². The lowest BCUT2D eigenvalue weighted by Crippen LogP contribution is -2.20. The molecule has 0 fully saturated rings. The van der Waals surface area contributed by atoms with Crippen LogP contribution in [0.15, 0.2) is 60.8 Å². The lowest BCUT2D eigenvalue weighted by molar-refractivity contribution is 0.262. The van der Waals surface area contributed by atoms with Crippen LogP contribution in [-0.2, 0) is 5.41 Å². The number of anilines is 2. The van der Waals surface area contributed by atoms with Crippen LogP contribution in [0.2, 0.25) is 0 Å². The molecule has 2 aromatic carbocycles. The highest BCUT2D eigenvalue weighted by atomic mass is 16.5. The van der Waals surface area contributed by atoms with Crippen LogP contribution in [0, 0.1) is 18.3 Å². The third-order valence-electron chi connectivity index (χ3n) is 4.44. The Hall–Kier alpha value is -3.85. The molecule has 2 N–H and O–H groups in total. The van der Waals surface area contributed by atoms with Gasteiger partial charge < -0.3 is 15.4 Å². The van der Waals surface area contributed by atoms with Crippen LogP contribution in [-0.4, -0.2) is 11.0 Å². The zero-order valence-corrected chi connectivity index (χ0v) is 17.5. The normalized spacial score (nSPS) is 10.8. The van der Waals surface area contributed by atoms with E-state index in [-0.39, 0.29) is 11.3 Å². The molecular weight excluding hydrogens is 376 g/mol. The van der Waals surface area contributed by atoms with Crippen LogP contribution in [0.3, 0.4) is 0 Å². The number of nitriles is 1. The molecule has 1 heterocycles. The van der Waals surface area contributed by atoms with Crippen molar-refractivity contribution < 1.29 is 9.53 Å². The molecule has 3 aromatic rings. The van der Waals surface area contributed by atoms with Crippen LogP contribution in [0.1, 0.15) is 37.5 Å². The quantitative estimate of drug-likeness (QED) is 0.563. The van der Waals surface area contributed by atoms with Gasteiger partial charge in [-0.3, -0.25) is 0 Å². The predicted octanol–water partition coefficient (Wildman–Crippen LogP) is 6.00. The summed E-state index contributed by atoms with van der Waals surface area (Å²) in [5.41, 5.74) is 3.24. The number of ether oxygens (including phenoxy) is 1. The van der Waals surface area contributed by atoms with Gasteiger partial charge in [0.05, 0.1) is 5.56 Å². The number of urea groups is 1. The Morgan fingerprint density at radius 1 is 1.07 bits per heavy atom. The van der Waals surface area contributed by atoms with Crippen molar-refractivity contribution in [3.63, 3.8) is 0 Å². The summed E-state index contributed by atoms with van der Waals surface area (Å²) in [6.45, 7) is 8.25. The van der Waals surface area contributed by atoms with Crippen LogP contribution < -0.4 is 15.4 Å². The van der Waals surface area contributed by atoms with Gasteiger partial charge in [0.15, 0.2) is 0 Å². The summed E-state index contributed by atoms with van der Waals surface area (Å²) in [4.78, 5) is 16.8. The molecule has 0 aliphatic rings. The summed E-state index contributed by atoms with van der Waals surface area (Å²) in [5, 5.41) is 14.7. The van der Waals surface area contributed by atoms with Crippen molar-refractivity contribution in [3.8, 4) is 17.7 Å². The van der Waals surface area contributed by atoms with Gasteiger partial charge in [0.2, 0.25) is 5.88 Å². The van der Waals surface area contributed by atoms with Gasteiger partial charge in [-0.15, -0.1) is 0 Å². The maximum Gasteiger partial charge on any atom is 0.323 e. The highest BCUT2D eigenvalue weighted by molar-refractivity contribution is 6.00. The standard InChI is InChI=1S/C24H24N4O2/c1-16-9-11-18(12-10-16)27-23(29)28-20-13-17(14-25)15-26-22(20)30-21-8-6-5-7-19(21)24(2,3)4/h5-13,15H,1-4H3,(H2,27,28,29). The van der Waals surface area contributed by atoms with E-state index in [1.165, 1.54) is 12.3 Å². The van der Waals surface area contributed by atoms with Gasteiger partial charge in [-0.25, -0.2) is 9.78 Å². The van der Waals surface area contributed by atoms with Gasteiger partial charge in [-0.05, 0) is 36.6 Å². The average Bonchev–Trinajstić information content (AvgIpc) is 2.70. The number of hydrogen-bond donors (Lipinski definition) is 2. The minimum Gasteiger partial charge on any atom is -0.437 e. The van der Waals surface area contributed by atoms with Gasteiger partial charge in [0, 0.05) is 17.4 Å². The van der Waals surface area contributed by atoms with Crippen molar-refractivity contribution in [3.05, 3.63) is 77.5 Å². The van der Waals surface area contributed by atoms with E-state index in [0.717, 1.165) is 11.1 Å². The Morgan fingerprint density at radius 2 is 1.77 bits per heavy atom. The molecule has 0 spiro atoms. The van der Waals surface area contributed by atoms with Gasteiger partial charge in [0.25, 0.3) is 0 Å². The largest absolute Gasteiger partial charge is 0.437 e. The highest BCUT2D eigenvalue weighted by Crippen LogP contribution is 2.35. The van der Waals surface area contributed by atoms with Crippen molar-refractivity contribution >= 4 is 17.4 Å². The van der Waals surface area contributed by atoms with Crippen LogP contribution in [0.4, 0.5) is 16.2 Å². The zero-order valence-electron chi connectivity index (χ0n) is 17.5. The minimum atomic E-state index is -0.454. The molecule has 0 aliphatic carbocycles. The zero-order chi connectivity index (χ0) is 21.7. The summed E-state index contributed by atoms with van der Waals surface area (Å²) in [5.74, 6) is 0.856. The van der Waals surface area contributed by atoms with Crippen molar-refractivity contribution in [1.82, 2.24) is 4.98 Å². The first-order valence-corrected chi connectivity index (χ1v) is 9.58. The van der Waals surface area contributed by atoms with E-state index < -0.39 is 6.03 Å². The molecule has 1 aromatic heterocycles. The SMILES string of the molecule is Cc1ccc(NC(=O)Nc2cc(C#N)cnc2Oc2ccccc2C(C)(C)C)cc1. The number of aryl methyl sites for hydroxylation is 1. The molecule has 0 aliphatic heterocycles. The summed E-state index contributed by atoms with van der Waals surface area (Å²) in [6.07, 6.45) is 1.41. The molecule has 6 nitrogen and oxygen atoms in total. The number of nitrogens with one attached hydrogen (secondary N) is 2. The molecule has 30 heavy (non-hydrogen) atoms. The molecule has 6 heteroatoms. The fourth-order valence-corrected chi connectivity index (χ4v) is 2.89. The van der Waals surface area contributed by atoms with Gasteiger partial charge in [-0.1, -0.05) is 56.7 Å². The van der Waals surface area contributed by atoms with E-state index in [4.69, 9.17) is 4.74 Å². The fourth-order valence-electron chi connectivity index (χ4n) is 2.89. The maximum atomic E-state index is 12.5. The van der Waals surface area contributed by atoms with Crippen LogP contribution in [0.25, 0.3) is 0 Å². The second-order valence-corrected chi connectivity index (χ2v) is 7.98. The predicted molar refractivity (Wildman–Crippen MR) is 118 cm³/mol. The van der Waals surface area contributed by atoms with Crippen LogP contribution >= 0.6 is 0 Å². The molecule has 0 unspecified atom stereocenters. The van der Waals surface area contributed by atoms with Crippen molar-refractivity contribution in [2.75, 3.05) is 10.6 Å². The molecule has 3 rings (SSSR count). The first-order valence-electron chi connectivity index (χ1n) is 9.58. The first-order chi connectivity index (χ1) is 14.3. The second kappa shape index (κ2) is 8.66. The van der Waals surface area contributed by atoms with E-state index in [1.54, 1.807) is 0 Å². The number of carbonyl (C=O) groups excluding carboxylic acids is 1. The number of benzene rings is 2. The number of pyridine rings is 1. The summed E-state index contributed by atoms with van der Waals surface area (Å²) in [6, 6.07) is 18.3. The fraction of sp³-hybridized carbons (Fsp3) is 0.208. The average molecular weight is 400 g/mol. The van der Waals surface area contributed by atoms with Gasteiger partial charge in [-0.2, -0.15) is 5.26 Å². The monoisotopic (exact) mass is 400 g/mol. The molecule has 0 radical (unpaired) electrons. The maximum absolute atomic E-state index is 12.5. The molecular formula is C24H24N4O2. The number of para-hydroxylation sites is 1. The highest BCUT2D eigenvalue weighted by Gasteiger charge is 2.20. The molecule has 2 amide bonds. The van der Waals surface area contributed by atoms with E-state index in [2.05, 4.69) is 36.4 Å². The summed E-state index contributed by atoms with van der Waals surface area (Å²) < 4.78 is 6.07. The van der Waals surface area contributed by atoms with Crippen molar-refractivity contribution in [2.24, 2.45) is 0 Å². The molecule has 0 saturated carbocycles. The number of aromatic nitrogens is 1. The summed E-state index contributed by atoms with van der Waals surface area (Å²) in [7, 11) is 0. The Labute approximate surface area is 176 Å². The number of nitrogens with zero attached hydrogens (tertiary/aromatic N) is 2. The minimum absolute atomic E-state index is 0.139. The summed E-state index contributed by atoms with van der Waals surface area (Å²) >= 11 is 0. The second-order valence-electron chi connectivity index (χ2n) is 7.98. The Bertz CT molecular complexity index is 1090. The molecule has 152 valence electrons. The van der Waals surface area contributed by atoms with E-state index in [9.17, 15) is 10.1 Å². The van der Waals surface area contributed by atoms with Crippen molar-refractivity contribution in [2.45, 2.75) is 33.1 Å². The van der Waals surface area contributed by atoms with Gasteiger partial charge >= 0.3 is 6.03 Å². The number of carbonyl (C=O) groups is 1. The lowest BCUT2D eigenvalue weighted by atomic mass is 9.86. The van der Waals surface area contributed by atoms with Crippen LogP contribution in [0.5, 0.6) is 11.6 Å². The number of amides is 2. The van der Waals surface area contributed by atoms with Gasteiger partial charge in [0.1, 0.15) is 17.5 Å². The third kappa shape index (κ3) is 5.15. The number of rotatable bonds is 4. The van der Waals surface area contributed by atoms with Crippen molar-refractivity contribution in [1.29, 1.82) is 5.26 Å². The Morgan fingerprint density at radius 3 is 2.43 bits per heavy atom. The third-order valence-corrected chi connectivity index (χ3v) is 4.44. The Balaban J connectivity index is 1.87. The van der Waals surface area contributed by atoms with E-state index in [0.29, 0.717) is 22.7 Å². The Kier molecular flexibility index (Phi) is 6.03. The molecule has 0 bridgehead atoms. The first kappa shape index (κ1) is 20.9. The topological polar surface area (TPSA) is 87.0 Å². The molecule has 0 atom stereocenters. The molecule has 0 saturated heterocycles. The number of hydrogen-bond acceptors (Lipinski definition) is 4.